The number of carboxylic acids is 1. The van der Waals surface area contributed by atoms with Crippen molar-refractivity contribution in [2.24, 2.45) is 0 Å². The summed E-state index contributed by atoms with van der Waals surface area (Å²) in [4.78, 5) is 10.8. The van der Waals surface area contributed by atoms with Crippen molar-refractivity contribution in [1.29, 1.82) is 0 Å². The molecule has 0 spiro atoms. The van der Waals surface area contributed by atoms with Crippen molar-refractivity contribution in [2.45, 2.75) is 18.4 Å². The predicted molar refractivity (Wildman–Crippen MR) is 77.4 cm³/mol. The van der Waals surface area contributed by atoms with Crippen LogP contribution in [0.25, 0.3) is 0 Å². The Morgan fingerprint density at radius 1 is 1.30 bits per heavy atom. The summed E-state index contributed by atoms with van der Waals surface area (Å²) in [6.07, 6.45) is 0. The molecule has 1 aromatic heterocycles. The number of carbonyl (C=O) groups is 1. The summed E-state index contributed by atoms with van der Waals surface area (Å²) in [7, 11) is -1.13. The minimum Gasteiger partial charge on any atom is -0.475 e. The molecule has 0 bridgehead atoms. The first-order valence-corrected chi connectivity index (χ1v) is 7.74. The minimum absolute atomic E-state index is 0.124. The van der Waals surface area contributed by atoms with Crippen molar-refractivity contribution < 1.29 is 18.5 Å². The van der Waals surface area contributed by atoms with Crippen LogP contribution in [0, 0.1) is 6.92 Å². The van der Waals surface area contributed by atoms with Gasteiger partial charge < -0.3 is 9.52 Å². The highest BCUT2D eigenvalue weighted by Crippen LogP contribution is 2.18. The van der Waals surface area contributed by atoms with Gasteiger partial charge in [0.25, 0.3) is 0 Å². The summed E-state index contributed by atoms with van der Waals surface area (Å²) in [5, 5.41) is 9.47. The highest BCUT2D eigenvalue weighted by atomic mass is 35.5. The number of hydrogen-bond acceptors (Lipinski definition) is 3. The van der Waals surface area contributed by atoms with Crippen molar-refractivity contribution in [1.82, 2.24) is 0 Å². The van der Waals surface area contributed by atoms with Gasteiger partial charge in [-0.3, -0.25) is 4.21 Å². The standard InChI is InChI=1S/C14H13ClO4S/c1-9-11(6-13(19-9)14(16)17)8-20(18)7-10-2-4-12(15)5-3-10/h2-6H,7-8H2,1H3,(H,16,17). The maximum Gasteiger partial charge on any atom is 0.371 e. The van der Waals surface area contributed by atoms with E-state index in [-0.39, 0.29) is 11.5 Å². The summed E-state index contributed by atoms with van der Waals surface area (Å²) in [6, 6.07) is 8.58. The summed E-state index contributed by atoms with van der Waals surface area (Å²) < 4.78 is 17.2. The Morgan fingerprint density at radius 3 is 2.50 bits per heavy atom. The number of aryl methyl sites for hydroxylation is 1. The molecule has 1 atom stereocenters. The van der Waals surface area contributed by atoms with Crippen molar-refractivity contribution in [2.75, 3.05) is 0 Å². The molecule has 0 fully saturated rings. The average molecular weight is 313 g/mol. The second-order valence-corrected chi connectivity index (χ2v) is 6.25. The largest absolute Gasteiger partial charge is 0.475 e. The molecule has 0 saturated heterocycles. The van der Waals surface area contributed by atoms with E-state index in [1.54, 1.807) is 19.1 Å². The number of hydrogen-bond donors (Lipinski definition) is 1. The van der Waals surface area contributed by atoms with Crippen LogP contribution < -0.4 is 0 Å². The van der Waals surface area contributed by atoms with E-state index in [0.29, 0.717) is 22.1 Å². The SMILES string of the molecule is Cc1oc(C(=O)O)cc1CS(=O)Cc1ccc(Cl)cc1. The van der Waals surface area contributed by atoms with Gasteiger partial charge in [0.2, 0.25) is 5.76 Å². The Kier molecular flexibility index (Phi) is 4.62. The second kappa shape index (κ2) is 6.24. The Bertz CT molecular complexity index is 646. The van der Waals surface area contributed by atoms with E-state index in [4.69, 9.17) is 21.1 Å². The molecule has 1 unspecified atom stereocenters. The van der Waals surface area contributed by atoms with E-state index in [0.717, 1.165) is 5.56 Å². The van der Waals surface area contributed by atoms with Crippen molar-refractivity contribution in [3.05, 3.63) is 58.0 Å². The third kappa shape index (κ3) is 3.71. The van der Waals surface area contributed by atoms with Crippen LogP contribution in [-0.4, -0.2) is 15.3 Å². The number of furan rings is 1. The predicted octanol–water partition coefficient (Wildman–Crippen LogP) is 3.39. The first-order chi connectivity index (χ1) is 9.45. The number of carboxylic acid groups (broad SMARTS) is 1. The van der Waals surface area contributed by atoms with Crippen LogP contribution in [-0.2, 0) is 22.3 Å². The second-order valence-electron chi connectivity index (χ2n) is 4.35. The molecule has 6 heteroatoms. The Labute approximate surface area is 123 Å². The maximum absolute atomic E-state index is 12.1. The van der Waals surface area contributed by atoms with E-state index in [9.17, 15) is 9.00 Å². The molecular formula is C14H13ClO4S. The zero-order valence-corrected chi connectivity index (χ0v) is 12.3. The fraction of sp³-hybridized carbons (Fsp3) is 0.214. The van der Waals surface area contributed by atoms with Crippen LogP contribution in [0.15, 0.2) is 34.7 Å². The van der Waals surface area contributed by atoms with Gasteiger partial charge in [0.05, 0.1) is 5.75 Å². The molecule has 20 heavy (non-hydrogen) atoms. The molecule has 0 aliphatic heterocycles. The summed E-state index contributed by atoms with van der Waals surface area (Å²) in [5.74, 6) is -0.0919. The van der Waals surface area contributed by atoms with Gasteiger partial charge in [-0.2, -0.15) is 0 Å². The monoisotopic (exact) mass is 312 g/mol. The van der Waals surface area contributed by atoms with Crippen molar-refractivity contribution in [3.8, 4) is 0 Å². The van der Waals surface area contributed by atoms with Crippen LogP contribution in [0.1, 0.15) is 27.4 Å². The molecule has 106 valence electrons. The molecule has 2 rings (SSSR count). The van der Waals surface area contributed by atoms with Gasteiger partial charge in [-0.25, -0.2) is 4.79 Å². The smallest absolute Gasteiger partial charge is 0.371 e. The van der Waals surface area contributed by atoms with Crippen molar-refractivity contribution >= 4 is 28.4 Å². The van der Waals surface area contributed by atoms with Gasteiger partial charge in [-0.1, -0.05) is 23.7 Å². The van der Waals surface area contributed by atoms with Gasteiger partial charge in [0.1, 0.15) is 5.76 Å². The fourth-order valence-corrected chi connectivity index (χ4v) is 3.19. The lowest BCUT2D eigenvalue weighted by molar-refractivity contribution is 0.0661. The highest BCUT2D eigenvalue weighted by Gasteiger charge is 2.15. The number of benzene rings is 1. The molecule has 0 saturated carbocycles. The molecule has 1 aromatic carbocycles. The molecule has 0 aliphatic rings. The van der Waals surface area contributed by atoms with E-state index in [2.05, 4.69) is 0 Å². The lowest BCUT2D eigenvalue weighted by Crippen LogP contribution is -1.99. The molecule has 0 aliphatic carbocycles. The quantitative estimate of drug-likeness (QED) is 0.919. The first kappa shape index (κ1) is 14.8. The highest BCUT2D eigenvalue weighted by molar-refractivity contribution is 7.83. The Hall–Kier alpha value is -1.59. The van der Waals surface area contributed by atoms with Crippen molar-refractivity contribution in [3.63, 3.8) is 0 Å². The third-order valence-electron chi connectivity index (χ3n) is 2.79. The number of aromatic carboxylic acids is 1. The number of halogens is 1. The zero-order chi connectivity index (χ0) is 14.7. The molecule has 4 nitrogen and oxygen atoms in total. The fourth-order valence-electron chi connectivity index (χ4n) is 1.76. The van der Waals surface area contributed by atoms with E-state index in [1.165, 1.54) is 6.07 Å². The summed E-state index contributed by atoms with van der Waals surface area (Å²) in [6.45, 7) is 1.67. The first-order valence-electron chi connectivity index (χ1n) is 5.87. The van der Waals surface area contributed by atoms with E-state index < -0.39 is 16.8 Å². The van der Waals surface area contributed by atoms with Gasteiger partial charge in [-0.15, -0.1) is 0 Å². The van der Waals surface area contributed by atoms with E-state index >= 15 is 0 Å². The van der Waals surface area contributed by atoms with Crippen LogP contribution in [0.3, 0.4) is 0 Å². The third-order valence-corrected chi connectivity index (χ3v) is 4.33. The molecule has 1 heterocycles. The lowest BCUT2D eigenvalue weighted by atomic mass is 10.2. The van der Waals surface area contributed by atoms with Gasteiger partial charge in [0.15, 0.2) is 0 Å². The minimum atomic E-state index is -1.13. The van der Waals surface area contributed by atoms with Crippen LogP contribution >= 0.6 is 11.6 Å². The summed E-state index contributed by atoms with van der Waals surface area (Å²) in [5.41, 5.74) is 1.59. The molecular weight excluding hydrogens is 300 g/mol. The molecule has 1 N–H and O–H groups in total. The maximum atomic E-state index is 12.1. The molecule has 2 aromatic rings. The zero-order valence-electron chi connectivity index (χ0n) is 10.8. The molecule has 0 amide bonds. The van der Waals surface area contributed by atoms with Crippen LogP contribution in [0.5, 0.6) is 0 Å². The van der Waals surface area contributed by atoms with Crippen LogP contribution in [0.2, 0.25) is 5.02 Å². The normalized spacial score (nSPS) is 12.3. The lowest BCUT2D eigenvalue weighted by Gasteiger charge is -2.02. The van der Waals surface area contributed by atoms with Gasteiger partial charge in [0, 0.05) is 27.1 Å². The Balaban J connectivity index is 2.04. The number of rotatable bonds is 5. The Morgan fingerprint density at radius 2 is 1.95 bits per heavy atom. The average Bonchev–Trinajstić information content (AvgIpc) is 2.74. The van der Waals surface area contributed by atoms with Crippen LogP contribution in [0.4, 0.5) is 0 Å². The topological polar surface area (TPSA) is 67.5 Å². The molecule has 0 radical (unpaired) electrons. The van der Waals surface area contributed by atoms with Gasteiger partial charge >= 0.3 is 5.97 Å². The van der Waals surface area contributed by atoms with Gasteiger partial charge in [-0.05, 0) is 30.7 Å². The summed E-state index contributed by atoms with van der Waals surface area (Å²) >= 11 is 5.79. The van der Waals surface area contributed by atoms with E-state index in [1.807, 2.05) is 12.1 Å².